The summed E-state index contributed by atoms with van der Waals surface area (Å²) < 4.78 is 6.10. The van der Waals surface area contributed by atoms with Crippen molar-refractivity contribution in [2.75, 3.05) is 57.4 Å². The number of carbonyl (C=O) groups excluding carboxylic acids is 1. The van der Waals surface area contributed by atoms with Gasteiger partial charge in [-0.05, 0) is 72.2 Å². The van der Waals surface area contributed by atoms with Gasteiger partial charge in [0.05, 0.1) is 24.4 Å². The van der Waals surface area contributed by atoms with E-state index < -0.39 is 0 Å². The second-order valence-corrected chi connectivity index (χ2v) is 13.0. The summed E-state index contributed by atoms with van der Waals surface area (Å²) in [7, 11) is 0. The van der Waals surface area contributed by atoms with Crippen molar-refractivity contribution in [2.24, 2.45) is 0 Å². The first-order valence-electron chi connectivity index (χ1n) is 16.7. The molecule has 0 radical (unpaired) electrons. The highest BCUT2D eigenvalue weighted by molar-refractivity contribution is 6.09. The molecule has 240 valence electrons. The molecule has 5 aromatic rings. The fourth-order valence-corrected chi connectivity index (χ4v) is 7.07. The summed E-state index contributed by atoms with van der Waals surface area (Å²) in [6, 6.07) is 23.0. The Morgan fingerprint density at radius 3 is 2.51 bits per heavy atom. The van der Waals surface area contributed by atoms with Crippen LogP contribution in [-0.4, -0.2) is 88.2 Å². The van der Waals surface area contributed by atoms with Gasteiger partial charge in [-0.1, -0.05) is 42.5 Å². The maximum atomic E-state index is 13.9. The lowest BCUT2D eigenvalue weighted by Crippen LogP contribution is -2.46. The molecule has 2 fully saturated rings. The number of ether oxygens (including phenoxy) is 1. The van der Waals surface area contributed by atoms with E-state index in [-0.39, 0.29) is 12.5 Å². The van der Waals surface area contributed by atoms with E-state index in [0.717, 1.165) is 84.1 Å². The van der Waals surface area contributed by atoms with Crippen molar-refractivity contribution in [2.45, 2.75) is 32.2 Å². The summed E-state index contributed by atoms with van der Waals surface area (Å²) in [6.45, 7) is 8.90. The molecule has 3 aromatic carbocycles. The third kappa shape index (κ3) is 5.91. The van der Waals surface area contributed by atoms with E-state index in [0.29, 0.717) is 30.4 Å². The Kier molecular flexibility index (Phi) is 7.97. The van der Waals surface area contributed by atoms with Crippen LogP contribution < -0.4 is 9.64 Å². The largest absolute Gasteiger partial charge is 0.491 e. The highest BCUT2D eigenvalue weighted by atomic mass is 16.5. The van der Waals surface area contributed by atoms with Gasteiger partial charge in [0.25, 0.3) is 5.91 Å². The van der Waals surface area contributed by atoms with Crippen LogP contribution in [0.5, 0.6) is 5.75 Å². The molecular formula is C38H40N6O3. The predicted octanol–water partition coefficient (Wildman–Crippen LogP) is 5.63. The number of rotatable bonds is 8. The number of carbonyl (C=O) groups is 1. The number of β-amino-alcohol motifs (C(OH)–C–C–N with tert-alkyl or cyclic N) is 1. The number of anilines is 1. The zero-order chi connectivity index (χ0) is 31.9. The smallest absolute Gasteiger partial charge is 0.262 e. The number of amides is 1. The Morgan fingerprint density at radius 2 is 1.72 bits per heavy atom. The van der Waals surface area contributed by atoms with Crippen LogP contribution in [0.2, 0.25) is 0 Å². The predicted molar refractivity (Wildman–Crippen MR) is 184 cm³/mol. The average molecular weight is 629 g/mol. The molecule has 0 atom stereocenters. The van der Waals surface area contributed by atoms with Crippen LogP contribution in [0.3, 0.4) is 0 Å². The van der Waals surface area contributed by atoms with Crippen LogP contribution in [0.15, 0.2) is 73.1 Å². The Balaban J connectivity index is 1.04. The third-order valence-electron chi connectivity index (χ3n) is 9.93. The lowest BCUT2D eigenvalue weighted by molar-refractivity contribution is 0.0989. The van der Waals surface area contributed by atoms with Crippen molar-refractivity contribution in [1.29, 1.82) is 0 Å². The molecule has 3 aliphatic rings. The van der Waals surface area contributed by atoms with E-state index in [2.05, 4.69) is 75.2 Å². The summed E-state index contributed by atoms with van der Waals surface area (Å²) in [5, 5.41) is 10.2. The molecule has 1 amide bonds. The number of aromatic nitrogens is 3. The molecule has 2 aliphatic heterocycles. The van der Waals surface area contributed by atoms with E-state index in [1.165, 1.54) is 24.0 Å². The second kappa shape index (κ2) is 12.6. The number of hydrogen-bond donors (Lipinski definition) is 2. The minimum absolute atomic E-state index is 0.0377. The topological polar surface area (TPSA) is 97.8 Å². The summed E-state index contributed by atoms with van der Waals surface area (Å²) in [5.74, 6) is 1.26. The molecule has 1 saturated heterocycles. The number of aliphatic hydroxyl groups excluding tert-OH is 1. The molecule has 9 nitrogen and oxygen atoms in total. The fourth-order valence-electron chi connectivity index (χ4n) is 7.07. The van der Waals surface area contributed by atoms with E-state index in [9.17, 15) is 9.90 Å². The molecule has 2 aromatic heterocycles. The van der Waals surface area contributed by atoms with Gasteiger partial charge in [0.15, 0.2) is 0 Å². The molecule has 8 rings (SSSR count). The monoisotopic (exact) mass is 628 g/mol. The van der Waals surface area contributed by atoms with Crippen molar-refractivity contribution in [1.82, 2.24) is 24.8 Å². The third-order valence-corrected chi connectivity index (χ3v) is 9.93. The SMILES string of the molecule is Cc1c(-c2ncnc3[nH]c(-c4ccc(CN5CCN(CCO)CC5)cc4)cc23)cccc1N1CCOc2cc(C3CC3)ccc2C1=O. The Labute approximate surface area is 274 Å². The molecule has 4 heterocycles. The van der Waals surface area contributed by atoms with Crippen LogP contribution >= 0.6 is 0 Å². The van der Waals surface area contributed by atoms with Crippen molar-refractivity contribution in [3.05, 3.63) is 95.3 Å². The van der Waals surface area contributed by atoms with E-state index in [1.54, 1.807) is 6.33 Å². The lowest BCUT2D eigenvalue weighted by atomic mass is 10.00. The van der Waals surface area contributed by atoms with Gasteiger partial charge in [-0.3, -0.25) is 14.6 Å². The van der Waals surface area contributed by atoms with Crippen molar-refractivity contribution >= 4 is 22.6 Å². The molecule has 0 spiro atoms. The van der Waals surface area contributed by atoms with Crippen molar-refractivity contribution < 1.29 is 14.6 Å². The maximum absolute atomic E-state index is 13.9. The highest BCUT2D eigenvalue weighted by Gasteiger charge is 2.30. The zero-order valence-electron chi connectivity index (χ0n) is 26.8. The Morgan fingerprint density at radius 1 is 0.915 bits per heavy atom. The molecule has 0 unspecified atom stereocenters. The normalized spacial score (nSPS) is 17.5. The van der Waals surface area contributed by atoms with Gasteiger partial charge in [-0.2, -0.15) is 0 Å². The molecule has 9 heteroatoms. The molecular weight excluding hydrogens is 588 g/mol. The average Bonchev–Trinajstić information content (AvgIpc) is 3.88. The number of nitrogens with zero attached hydrogens (tertiary/aromatic N) is 5. The van der Waals surface area contributed by atoms with Gasteiger partial charge in [-0.25, -0.2) is 9.97 Å². The van der Waals surface area contributed by atoms with Gasteiger partial charge in [-0.15, -0.1) is 0 Å². The van der Waals surface area contributed by atoms with Crippen LogP contribution in [0, 0.1) is 6.92 Å². The number of hydrogen-bond acceptors (Lipinski definition) is 7. The number of nitrogens with one attached hydrogen (secondary N) is 1. The quantitative estimate of drug-likeness (QED) is 0.230. The number of fused-ring (bicyclic) bond motifs is 2. The zero-order valence-corrected chi connectivity index (χ0v) is 26.8. The van der Waals surface area contributed by atoms with Crippen LogP contribution in [0.1, 0.15) is 45.8 Å². The maximum Gasteiger partial charge on any atom is 0.262 e. The second-order valence-electron chi connectivity index (χ2n) is 13.0. The summed E-state index contributed by atoms with van der Waals surface area (Å²) >= 11 is 0. The fraction of sp³-hybridized carbons (Fsp3) is 0.342. The standard InChI is InChI=1S/C38H40N6O3/c1-25-30(3-2-4-34(25)44-18-20-47-35-21-29(27-9-10-27)11-12-31(35)38(44)46)36-32-22-33(41-37(32)40-24-39-36)28-7-5-26(6-8-28)23-43-15-13-42(14-16-43)17-19-45/h2-8,11-12,21-22,24,27,45H,9-10,13-20,23H2,1H3,(H,39,40,41). The first-order chi connectivity index (χ1) is 23.1. The van der Waals surface area contributed by atoms with Gasteiger partial charge < -0.3 is 19.7 Å². The van der Waals surface area contributed by atoms with Crippen molar-refractivity contribution in [3.8, 4) is 28.3 Å². The minimum Gasteiger partial charge on any atom is -0.491 e. The number of aromatic amines is 1. The molecule has 1 saturated carbocycles. The molecule has 47 heavy (non-hydrogen) atoms. The van der Waals surface area contributed by atoms with E-state index >= 15 is 0 Å². The molecule has 0 bridgehead atoms. The number of aliphatic hydroxyl groups is 1. The van der Waals surface area contributed by atoms with E-state index in [1.807, 2.05) is 23.1 Å². The minimum atomic E-state index is -0.0377. The lowest BCUT2D eigenvalue weighted by Gasteiger charge is -2.34. The van der Waals surface area contributed by atoms with Crippen LogP contribution in [0.25, 0.3) is 33.5 Å². The number of benzene rings is 3. The van der Waals surface area contributed by atoms with Gasteiger partial charge in [0.2, 0.25) is 0 Å². The van der Waals surface area contributed by atoms with Gasteiger partial charge in [0.1, 0.15) is 24.3 Å². The van der Waals surface area contributed by atoms with Crippen LogP contribution in [0.4, 0.5) is 5.69 Å². The highest BCUT2D eigenvalue weighted by Crippen LogP contribution is 2.42. The van der Waals surface area contributed by atoms with Crippen molar-refractivity contribution in [3.63, 3.8) is 0 Å². The number of H-pyrrole nitrogens is 1. The van der Waals surface area contributed by atoms with Gasteiger partial charge in [0, 0.05) is 61.6 Å². The first-order valence-corrected chi connectivity index (χ1v) is 16.7. The summed E-state index contributed by atoms with van der Waals surface area (Å²) in [6.07, 6.45) is 4.02. The first kappa shape index (κ1) is 29.8. The molecule has 2 N–H and O–H groups in total. The van der Waals surface area contributed by atoms with Gasteiger partial charge >= 0.3 is 0 Å². The number of piperazine rings is 1. The Hall–Kier alpha value is -4.57. The van der Waals surface area contributed by atoms with E-state index in [4.69, 9.17) is 9.72 Å². The van der Waals surface area contributed by atoms with Crippen LogP contribution in [-0.2, 0) is 6.54 Å². The summed E-state index contributed by atoms with van der Waals surface area (Å²) in [5.41, 5.74) is 9.68. The Bertz CT molecular complexity index is 1920. The summed E-state index contributed by atoms with van der Waals surface area (Å²) in [4.78, 5) is 33.3. The molecule has 1 aliphatic carbocycles.